The van der Waals surface area contributed by atoms with E-state index in [4.69, 9.17) is 4.74 Å². The Morgan fingerprint density at radius 1 is 1.69 bits per heavy atom. The van der Waals surface area contributed by atoms with Crippen molar-refractivity contribution in [1.82, 2.24) is 0 Å². The zero-order valence-electron chi connectivity index (χ0n) is 8.55. The molecule has 0 spiro atoms. The first-order chi connectivity index (χ1) is 6.18. The van der Waals surface area contributed by atoms with E-state index in [1.54, 1.807) is 0 Å². The number of ether oxygens (including phenoxy) is 1. The molecule has 1 aliphatic rings. The van der Waals surface area contributed by atoms with Crippen molar-refractivity contribution in [2.45, 2.75) is 32.8 Å². The maximum Gasteiger partial charge on any atom is 0.0796 e. The standard InChI is InChI=1S/C12H18O/c1-10(2)6-7-12-9-11(3)5-4-8-13-12/h5-7,12H,1,4,8-9H2,2-3H3/b7-6+/t12-/m0/s1. The summed E-state index contributed by atoms with van der Waals surface area (Å²) < 4.78 is 5.64. The summed E-state index contributed by atoms with van der Waals surface area (Å²) in [5, 5.41) is 0. The minimum atomic E-state index is 0.246. The SMILES string of the molecule is C=C(C)/C=C/[C@H]1CC(C)=CCCO1. The number of rotatable bonds is 2. The molecule has 0 radical (unpaired) electrons. The smallest absolute Gasteiger partial charge is 0.0796 e. The van der Waals surface area contributed by atoms with Gasteiger partial charge in [0.2, 0.25) is 0 Å². The van der Waals surface area contributed by atoms with Crippen molar-refractivity contribution in [2.24, 2.45) is 0 Å². The van der Waals surface area contributed by atoms with Gasteiger partial charge in [0.15, 0.2) is 0 Å². The van der Waals surface area contributed by atoms with Gasteiger partial charge in [0.05, 0.1) is 12.7 Å². The molecule has 0 aromatic rings. The minimum Gasteiger partial charge on any atom is -0.373 e. The van der Waals surface area contributed by atoms with Crippen LogP contribution in [0.2, 0.25) is 0 Å². The molecule has 0 bridgehead atoms. The molecule has 1 nitrogen and oxygen atoms in total. The van der Waals surface area contributed by atoms with Crippen LogP contribution in [-0.2, 0) is 4.74 Å². The van der Waals surface area contributed by atoms with Gasteiger partial charge in [-0.2, -0.15) is 0 Å². The first-order valence-corrected chi connectivity index (χ1v) is 4.79. The largest absolute Gasteiger partial charge is 0.373 e. The van der Waals surface area contributed by atoms with Crippen molar-refractivity contribution in [3.63, 3.8) is 0 Å². The third-order valence-corrected chi connectivity index (χ3v) is 2.06. The van der Waals surface area contributed by atoms with Crippen LogP contribution in [0, 0.1) is 0 Å². The maximum atomic E-state index is 5.64. The Labute approximate surface area is 80.8 Å². The van der Waals surface area contributed by atoms with Crippen molar-refractivity contribution in [3.05, 3.63) is 36.0 Å². The van der Waals surface area contributed by atoms with E-state index in [1.807, 2.05) is 13.0 Å². The lowest BCUT2D eigenvalue weighted by Gasteiger charge is -2.10. The fraction of sp³-hybridized carbons (Fsp3) is 0.500. The Hall–Kier alpha value is -0.820. The van der Waals surface area contributed by atoms with Gasteiger partial charge in [0, 0.05) is 0 Å². The van der Waals surface area contributed by atoms with Gasteiger partial charge in [-0.3, -0.25) is 0 Å². The Morgan fingerprint density at radius 3 is 3.15 bits per heavy atom. The predicted octanol–water partition coefficient (Wildman–Crippen LogP) is 3.24. The lowest BCUT2D eigenvalue weighted by molar-refractivity contribution is 0.0940. The average Bonchev–Trinajstić information content (AvgIpc) is 2.26. The van der Waals surface area contributed by atoms with E-state index < -0.39 is 0 Å². The van der Waals surface area contributed by atoms with Crippen LogP contribution in [0.4, 0.5) is 0 Å². The highest BCUT2D eigenvalue weighted by Crippen LogP contribution is 2.15. The van der Waals surface area contributed by atoms with E-state index >= 15 is 0 Å². The summed E-state index contributed by atoms with van der Waals surface area (Å²) in [6.07, 6.45) is 8.70. The Kier molecular flexibility index (Phi) is 3.97. The van der Waals surface area contributed by atoms with Gasteiger partial charge in [-0.1, -0.05) is 36.0 Å². The van der Waals surface area contributed by atoms with Crippen LogP contribution in [-0.4, -0.2) is 12.7 Å². The van der Waals surface area contributed by atoms with Crippen LogP contribution in [0.25, 0.3) is 0 Å². The van der Waals surface area contributed by atoms with Gasteiger partial charge in [0.25, 0.3) is 0 Å². The summed E-state index contributed by atoms with van der Waals surface area (Å²) in [6, 6.07) is 0. The molecule has 1 heterocycles. The van der Waals surface area contributed by atoms with E-state index in [0.29, 0.717) is 0 Å². The summed E-state index contributed by atoms with van der Waals surface area (Å²) in [4.78, 5) is 0. The summed E-state index contributed by atoms with van der Waals surface area (Å²) in [5.74, 6) is 0. The molecule has 1 atom stereocenters. The monoisotopic (exact) mass is 178 g/mol. The van der Waals surface area contributed by atoms with Gasteiger partial charge in [-0.15, -0.1) is 0 Å². The molecule has 1 aliphatic heterocycles. The van der Waals surface area contributed by atoms with E-state index in [1.165, 1.54) is 5.57 Å². The van der Waals surface area contributed by atoms with Crippen molar-refractivity contribution in [2.75, 3.05) is 6.61 Å². The Balaban J connectivity index is 2.50. The second kappa shape index (κ2) is 5.03. The highest BCUT2D eigenvalue weighted by molar-refractivity contribution is 5.15. The van der Waals surface area contributed by atoms with Crippen LogP contribution in [0.15, 0.2) is 36.0 Å². The summed E-state index contributed by atoms with van der Waals surface area (Å²) >= 11 is 0. The highest BCUT2D eigenvalue weighted by atomic mass is 16.5. The van der Waals surface area contributed by atoms with Crippen LogP contribution in [0.5, 0.6) is 0 Å². The van der Waals surface area contributed by atoms with E-state index in [2.05, 4.69) is 25.7 Å². The first kappa shape index (κ1) is 10.3. The third-order valence-electron chi connectivity index (χ3n) is 2.06. The van der Waals surface area contributed by atoms with Crippen LogP contribution in [0.1, 0.15) is 26.7 Å². The second-order valence-corrected chi connectivity index (χ2v) is 3.66. The zero-order chi connectivity index (χ0) is 9.68. The maximum absolute atomic E-state index is 5.64. The van der Waals surface area contributed by atoms with Crippen molar-refractivity contribution >= 4 is 0 Å². The molecule has 0 aromatic heterocycles. The molecule has 1 heteroatoms. The van der Waals surface area contributed by atoms with E-state index in [0.717, 1.165) is 25.0 Å². The second-order valence-electron chi connectivity index (χ2n) is 3.66. The predicted molar refractivity (Wildman–Crippen MR) is 56.7 cm³/mol. The van der Waals surface area contributed by atoms with Gasteiger partial charge in [-0.05, 0) is 26.7 Å². The first-order valence-electron chi connectivity index (χ1n) is 4.79. The van der Waals surface area contributed by atoms with Gasteiger partial charge < -0.3 is 4.74 Å². The van der Waals surface area contributed by atoms with Crippen LogP contribution in [0.3, 0.4) is 0 Å². The van der Waals surface area contributed by atoms with Crippen molar-refractivity contribution in [1.29, 1.82) is 0 Å². The van der Waals surface area contributed by atoms with Gasteiger partial charge in [-0.25, -0.2) is 0 Å². The minimum absolute atomic E-state index is 0.246. The lowest BCUT2D eigenvalue weighted by atomic mass is 10.1. The summed E-state index contributed by atoms with van der Waals surface area (Å²) in [6.45, 7) is 8.82. The molecule has 0 unspecified atom stereocenters. The van der Waals surface area contributed by atoms with E-state index in [-0.39, 0.29) is 6.10 Å². The third kappa shape index (κ3) is 4.09. The Morgan fingerprint density at radius 2 is 2.46 bits per heavy atom. The fourth-order valence-corrected chi connectivity index (χ4v) is 1.38. The van der Waals surface area contributed by atoms with Crippen molar-refractivity contribution in [3.8, 4) is 0 Å². The van der Waals surface area contributed by atoms with E-state index in [9.17, 15) is 0 Å². The summed E-state index contributed by atoms with van der Waals surface area (Å²) in [5.41, 5.74) is 2.50. The molecule has 0 fully saturated rings. The molecule has 0 amide bonds. The fourth-order valence-electron chi connectivity index (χ4n) is 1.38. The molecule has 13 heavy (non-hydrogen) atoms. The molecule has 0 N–H and O–H groups in total. The topological polar surface area (TPSA) is 9.23 Å². The molecule has 0 saturated carbocycles. The zero-order valence-corrected chi connectivity index (χ0v) is 8.55. The number of allylic oxidation sites excluding steroid dienone is 2. The number of hydrogen-bond donors (Lipinski definition) is 0. The molecule has 0 aromatic carbocycles. The van der Waals surface area contributed by atoms with Crippen LogP contribution >= 0.6 is 0 Å². The number of hydrogen-bond acceptors (Lipinski definition) is 1. The summed E-state index contributed by atoms with van der Waals surface area (Å²) in [7, 11) is 0. The molecule has 1 rings (SSSR count). The van der Waals surface area contributed by atoms with Crippen LogP contribution < -0.4 is 0 Å². The lowest BCUT2D eigenvalue weighted by Crippen LogP contribution is -2.08. The normalized spacial score (nSPS) is 24.2. The molecular formula is C12H18O. The molecule has 0 aliphatic carbocycles. The van der Waals surface area contributed by atoms with Crippen molar-refractivity contribution < 1.29 is 4.74 Å². The quantitative estimate of drug-likeness (QED) is 0.466. The molecule has 0 saturated heterocycles. The molecule has 72 valence electrons. The highest BCUT2D eigenvalue weighted by Gasteiger charge is 2.08. The van der Waals surface area contributed by atoms with Gasteiger partial charge in [0.1, 0.15) is 0 Å². The average molecular weight is 178 g/mol. The van der Waals surface area contributed by atoms with Gasteiger partial charge >= 0.3 is 0 Å². The molecular weight excluding hydrogens is 160 g/mol. The Bertz CT molecular complexity index is 236.